The molecule has 2 aromatic heterocycles. The molecule has 30 heavy (non-hydrogen) atoms. The number of aromatic nitrogens is 2. The number of carbonyl (C=O) groups excluding carboxylic acids is 1. The summed E-state index contributed by atoms with van der Waals surface area (Å²) < 4.78 is 2.89. The van der Waals surface area contributed by atoms with Crippen LogP contribution in [-0.4, -0.2) is 21.6 Å². The van der Waals surface area contributed by atoms with Crippen LogP contribution in [-0.2, 0) is 17.8 Å². The summed E-state index contributed by atoms with van der Waals surface area (Å²) in [6.45, 7) is 0.264. The van der Waals surface area contributed by atoms with Crippen LogP contribution in [0, 0.1) is 0 Å². The van der Waals surface area contributed by atoms with E-state index in [4.69, 9.17) is 11.6 Å². The van der Waals surface area contributed by atoms with E-state index in [0.29, 0.717) is 33.9 Å². The van der Waals surface area contributed by atoms with E-state index in [9.17, 15) is 14.4 Å². The highest BCUT2D eigenvalue weighted by Crippen LogP contribution is 2.16. The molecule has 0 saturated carbocycles. The third-order valence-corrected chi connectivity index (χ3v) is 5.86. The molecule has 0 spiro atoms. The van der Waals surface area contributed by atoms with Crippen molar-refractivity contribution in [3.63, 3.8) is 0 Å². The number of thiophene rings is 1. The van der Waals surface area contributed by atoms with Crippen LogP contribution in [0.4, 0.5) is 0 Å². The molecular weight excluding hydrogens is 422 g/mol. The topological polar surface area (TPSA) is 73.1 Å². The Morgan fingerprint density at radius 1 is 1.00 bits per heavy atom. The maximum Gasteiger partial charge on any atom is 0.336 e. The Hall–Kier alpha value is -3.16. The fourth-order valence-electron chi connectivity index (χ4n) is 3.24. The fourth-order valence-corrected chi connectivity index (χ4v) is 4.19. The number of hydrogen-bond acceptors (Lipinski definition) is 4. The fraction of sp³-hybridized carbons (Fsp3) is 0.136. The van der Waals surface area contributed by atoms with Gasteiger partial charge >= 0.3 is 5.69 Å². The summed E-state index contributed by atoms with van der Waals surface area (Å²) in [5.74, 6) is -0.295. The van der Waals surface area contributed by atoms with E-state index in [2.05, 4.69) is 5.32 Å². The van der Waals surface area contributed by atoms with Crippen molar-refractivity contribution in [2.45, 2.75) is 13.0 Å². The minimum absolute atomic E-state index is 0.167. The van der Waals surface area contributed by atoms with Gasteiger partial charge in [-0.05, 0) is 47.7 Å². The number of carbonyl (C=O) groups is 1. The molecule has 2 heterocycles. The molecule has 2 aromatic carbocycles. The highest BCUT2D eigenvalue weighted by Gasteiger charge is 2.17. The zero-order chi connectivity index (χ0) is 21.1. The number of nitrogens with one attached hydrogen (secondary N) is 1. The quantitative estimate of drug-likeness (QED) is 0.501. The Bertz CT molecular complexity index is 1310. The van der Waals surface area contributed by atoms with Crippen LogP contribution in [0.25, 0.3) is 15.9 Å². The average molecular weight is 440 g/mol. The lowest BCUT2D eigenvalue weighted by molar-refractivity contribution is -0.121. The second-order valence-electron chi connectivity index (χ2n) is 6.71. The monoisotopic (exact) mass is 439 g/mol. The molecule has 4 rings (SSSR count). The maximum atomic E-state index is 13.1. The lowest BCUT2D eigenvalue weighted by Gasteiger charge is -2.12. The Balaban J connectivity index is 1.58. The van der Waals surface area contributed by atoms with Gasteiger partial charge in [-0.25, -0.2) is 9.36 Å². The molecule has 0 aliphatic rings. The maximum absolute atomic E-state index is 13.1. The van der Waals surface area contributed by atoms with Gasteiger partial charge in [-0.15, -0.1) is 11.3 Å². The molecule has 0 atom stereocenters. The van der Waals surface area contributed by atoms with Crippen molar-refractivity contribution in [2.24, 2.45) is 0 Å². The van der Waals surface area contributed by atoms with Crippen LogP contribution in [0.5, 0.6) is 0 Å². The van der Waals surface area contributed by atoms with Gasteiger partial charge in [0, 0.05) is 11.6 Å². The van der Waals surface area contributed by atoms with E-state index in [1.54, 1.807) is 47.8 Å². The first-order valence-corrected chi connectivity index (χ1v) is 10.6. The zero-order valence-corrected chi connectivity index (χ0v) is 17.4. The van der Waals surface area contributed by atoms with Crippen molar-refractivity contribution in [3.8, 4) is 5.69 Å². The molecule has 152 valence electrons. The average Bonchev–Trinajstić information content (AvgIpc) is 3.24. The van der Waals surface area contributed by atoms with E-state index >= 15 is 0 Å². The lowest BCUT2D eigenvalue weighted by atomic mass is 10.1. The molecule has 6 nitrogen and oxygen atoms in total. The van der Waals surface area contributed by atoms with Crippen molar-refractivity contribution >= 4 is 39.1 Å². The molecule has 1 N–H and O–H groups in total. The number of hydrogen-bond donors (Lipinski definition) is 1. The number of halogens is 1. The summed E-state index contributed by atoms with van der Waals surface area (Å²) >= 11 is 7.14. The summed E-state index contributed by atoms with van der Waals surface area (Å²) in [6.07, 6.45) is 0.648. The van der Waals surface area contributed by atoms with Gasteiger partial charge in [0.2, 0.25) is 5.91 Å². The van der Waals surface area contributed by atoms with E-state index < -0.39 is 5.69 Å². The van der Waals surface area contributed by atoms with Crippen molar-refractivity contribution in [2.75, 3.05) is 6.54 Å². The normalized spacial score (nSPS) is 11.0. The molecular formula is C22H18ClN3O3S. The minimum Gasteiger partial charge on any atom is -0.354 e. The van der Waals surface area contributed by atoms with Crippen molar-refractivity contribution in [1.29, 1.82) is 0 Å². The van der Waals surface area contributed by atoms with Gasteiger partial charge in [-0.1, -0.05) is 41.9 Å². The number of rotatable bonds is 6. The van der Waals surface area contributed by atoms with Gasteiger partial charge in [0.25, 0.3) is 5.56 Å². The lowest BCUT2D eigenvalue weighted by Crippen LogP contribution is -2.41. The van der Waals surface area contributed by atoms with E-state index in [-0.39, 0.29) is 18.0 Å². The van der Waals surface area contributed by atoms with Gasteiger partial charge in [0.15, 0.2) is 0 Å². The van der Waals surface area contributed by atoms with Crippen LogP contribution in [0.3, 0.4) is 0 Å². The Morgan fingerprint density at radius 2 is 1.73 bits per heavy atom. The molecule has 0 aliphatic heterocycles. The first kappa shape index (κ1) is 20.1. The Morgan fingerprint density at radius 3 is 2.47 bits per heavy atom. The zero-order valence-electron chi connectivity index (χ0n) is 15.9. The third kappa shape index (κ3) is 4.08. The molecule has 0 saturated heterocycles. The molecule has 0 bridgehead atoms. The minimum atomic E-state index is -0.537. The number of benzene rings is 2. The molecule has 0 aliphatic carbocycles. The van der Waals surface area contributed by atoms with Gasteiger partial charge in [-0.3, -0.25) is 14.2 Å². The standard InChI is InChI=1S/C22H18ClN3O3S/c23-16-8-6-15(7-9-16)10-12-24-19(27)14-25-18-11-13-30-20(18)21(28)26(22(25)29)17-4-2-1-3-5-17/h1-9,11,13H,10,12,14H2,(H,24,27). The summed E-state index contributed by atoms with van der Waals surface area (Å²) in [7, 11) is 0. The highest BCUT2D eigenvalue weighted by molar-refractivity contribution is 7.17. The van der Waals surface area contributed by atoms with E-state index in [0.717, 1.165) is 10.1 Å². The molecule has 1 amide bonds. The number of amides is 1. The summed E-state index contributed by atoms with van der Waals surface area (Å²) in [5, 5.41) is 5.24. The first-order valence-electron chi connectivity index (χ1n) is 9.34. The molecule has 0 unspecified atom stereocenters. The predicted octanol–water partition coefficient (Wildman–Crippen LogP) is 3.23. The van der Waals surface area contributed by atoms with Crippen molar-refractivity contribution in [3.05, 3.63) is 97.5 Å². The second-order valence-corrected chi connectivity index (χ2v) is 8.06. The van der Waals surface area contributed by atoms with Crippen molar-refractivity contribution < 1.29 is 4.79 Å². The second kappa shape index (κ2) is 8.69. The molecule has 0 radical (unpaired) electrons. The Labute approximate surface area is 181 Å². The molecule has 0 fully saturated rings. The molecule has 8 heteroatoms. The summed E-state index contributed by atoms with van der Waals surface area (Å²) in [4.78, 5) is 38.5. The van der Waals surface area contributed by atoms with E-state index in [1.165, 1.54) is 15.9 Å². The van der Waals surface area contributed by atoms with Crippen LogP contribution in [0.15, 0.2) is 75.6 Å². The van der Waals surface area contributed by atoms with Crippen LogP contribution in [0.2, 0.25) is 5.02 Å². The van der Waals surface area contributed by atoms with Gasteiger partial charge in [0.1, 0.15) is 11.2 Å². The third-order valence-electron chi connectivity index (χ3n) is 4.72. The van der Waals surface area contributed by atoms with Crippen LogP contribution >= 0.6 is 22.9 Å². The van der Waals surface area contributed by atoms with Crippen molar-refractivity contribution in [1.82, 2.24) is 14.5 Å². The largest absolute Gasteiger partial charge is 0.354 e. The van der Waals surface area contributed by atoms with Crippen LogP contribution in [0.1, 0.15) is 5.56 Å². The Kier molecular flexibility index (Phi) is 5.83. The van der Waals surface area contributed by atoms with E-state index in [1.807, 2.05) is 18.2 Å². The highest BCUT2D eigenvalue weighted by atomic mass is 35.5. The summed E-state index contributed by atoms with van der Waals surface area (Å²) in [6, 6.07) is 17.8. The SMILES string of the molecule is O=C(Cn1c(=O)n(-c2ccccc2)c(=O)c2sccc21)NCCc1ccc(Cl)cc1. The molecule has 4 aromatic rings. The van der Waals surface area contributed by atoms with Gasteiger partial charge in [-0.2, -0.15) is 0 Å². The first-order chi connectivity index (χ1) is 14.5. The van der Waals surface area contributed by atoms with Gasteiger partial charge < -0.3 is 5.32 Å². The predicted molar refractivity (Wildman–Crippen MR) is 120 cm³/mol. The smallest absolute Gasteiger partial charge is 0.336 e. The summed E-state index contributed by atoms with van der Waals surface area (Å²) in [5.41, 5.74) is 1.07. The number of fused-ring (bicyclic) bond motifs is 1. The van der Waals surface area contributed by atoms with Crippen LogP contribution < -0.4 is 16.6 Å². The number of para-hydroxylation sites is 1. The number of nitrogens with zero attached hydrogens (tertiary/aromatic N) is 2. The van der Waals surface area contributed by atoms with Gasteiger partial charge in [0.05, 0.1) is 11.2 Å².